The number of ether oxygens (including phenoxy) is 3. The van der Waals surface area contributed by atoms with Crippen molar-refractivity contribution in [2.75, 3.05) is 21.3 Å². The van der Waals surface area contributed by atoms with E-state index in [1.807, 2.05) is 0 Å². The molecule has 0 radical (unpaired) electrons. The SMILES string of the molecule is COC(=O)C(C(=O)OC)C(OC)C(=O)c1ccccc1. The van der Waals surface area contributed by atoms with Crippen molar-refractivity contribution >= 4 is 17.7 Å². The molecule has 1 aromatic carbocycles. The first-order chi connectivity index (χ1) is 9.56. The number of esters is 2. The monoisotopic (exact) mass is 280 g/mol. The van der Waals surface area contributed by atoms with Crippen LogP contribution in [0.2, 0.25) is 0 Å². The van der Waals surface area contributed by atoms with Crippen LogP contribution in [0.5, 0.6) is 0 Å². The summed E-state index contributed by atoms with van der Waals surface area (Å²) in [6, 6.07) is 8.23. The summed E-state index contributed by atoms with van der Waals surface area (Å²) in [5.41, 5.74) is 0.331. The molecule has 0 saturated heterocycles. The van der Waals surface area contributed by atoms with E-state index in [0.717, 1.165) is 14.2 Å². The highest BCUT2D eigenvalue weighted by Gasteiger charge is 2.41. The van der Waals surface area contributed by atoms with Crippen molar-refractivity contribution < 1.29 is 28.6 Å². The molecule has 0 N–H and O–H groups in total. The Morgan fingerprint density at radius 1 is 0.900 bits per heavy atom. The Morgan fingerprint density at radius 3 is 1.80 bits per heavy atom. The molecule has 1 atom stereocenters. The van der Waals surface area contributed by atoms with Crippen molar-refractivity contribution in [1.82, 2.24) is 0 Å². The Labute approximate surface area is 116 Å². The van der Waals surface area contributed by atoms with E-state index in [9.17, 15) is 14.4 Å². The molecule has 20 heavy (non-hydrogen) atoms. The average Bonchev–Trinajstić information content (AvgIpc) is 2.51. The van der Waals surface area contributed by atoms with Gasteiger partial charge in [0.05, 0.1) is 14.2 Å². The lowest BCUT2D eigenvalue weighted by Gasteiger charge is -2.20. The number of carbonyl (C=O) groups excluding carboxylic acids is 3. The van der Waals surface area contributed by atoms with Gasteiger partial charge in [-0.25, -0.2) is 0 Å². The topological polar surface area (TPSA) is 78.9 Å². The minimum atomic E-state index is -1.46. The first kappa shape index (κ1) is 15.8. The summed E-state index contributed by atoms with van der Waals surface area (Å²) in [5.74, 6) is -3.71. The number of hydrogen-bond acceptors (Lipinski definition) is 6. The lowest BCUT2D eigenvalue weighted by molar-refractivity contribution is -0.163. The van der Waals surface area contributed by atoms with Crippen LogP contribution in [0, 0.1) is 5.92 Å². The number of ketones is 1. The zero-order valence-electron chi connectivity index (χ0n) is 11.5. The zero-order valence-corrected chi connectivity index (χ0v) is 11.5. The molecular weight excluding hydrogens is 264 g/mol. The van der Waals surface area contributed by atoms with Crippen molar-refractivity contribution in [3.05, 3.63) is 35.9 Å². The third-order valence-electron chi connectivity index (χ3n) is 2.78. The molecule has 6 heteroatoms. The van der Waals surface area contributed by atoms with Crippen LogP contribution >= 0.6 is 0 Å². The maximum atomic E-state index is 12.3. The molecule has 1 aromatic rings. The highest BCUT2D eigenvalue weighted by molar-refractivity contribution is 6.07. The van der Waals surface area contributed by atoms with Gasteiger partial charge < -0.3 is 14.2 Å². The summed E-state index contributed by atoms with van der Waals surface area (Å²) in [5, 5.41) is 0. The summed E-state index contributed by atoms with van der Waals surface area (Å²) < 4.78 is 14.1. The quantitative estimate of drug-likeness (QED) is 0.436. The number of methoxy groups -OCH3 is 3. The molecule has 108 valence electrons. The van der Waals surface area contributed by atoms with Gasteiger partial charge in [-0.2, -0.15) is 0 Å². The van der Waals surface area contributed by atoms with E-state index < -0.39 is 29.7 Å². The Morgan fingerprint density at radius 2 is 1.40 bits per heavy atom. The molecule has 0 aliphatic rings. The molecule has 6 nitrogen and oxygen atoms in total. The fourth-order valence-electron chi connectivity index (χ4n) is 1.76. The molecule has 0 aliphatic carbocycles. The predicted molar refractivity (Wildman–Crippen MR) is 69.1 cm³/mol. The van der Waals surface area contributed by atoms with Gasteiger partial charge in [0.2, 0.25) is 0 Å². The van der Waals surface area contributed by atoms with E-state index >= 15 is 0 Å². The summed E-state index contributed by atoms with van der Waals surface area (Å²) >= 11 is 0. The van der Waals surface area contributed by atoms with Crippen LogP contribution in [-0.2, 0) is 23.8 Å². The molecule has 1 rings (SSSR count). The Kier molecular flexibility index (Phi) is 5.86. The largest absolute Gasteiger partial charge is 0.468 e. The summed E-state index contributed by atoms with van der Waals surface area (Å²) in [4.78, 5) is 35.7. The Hall–Kier alpha value is -2.21. The Balaban J connectivity index is 3.10. The van der Waals surface area contributed by atoms with Gasteiger partial charge >= 0.3 is 11.9 Å². The minimum absolute atomic E-state index is 0.331. The van der Waals surface area contributed by atoms with E-state index in [0.29, 0.717) is 5.56 Å². The van der Waals surface area contributed by atoms with Gasteiger partial charge in [-0.3, -0.25) is 14.4 Å². The van der Waals surface area contributed by atoms with Crippen LogP contribution in [-0.4, -0.2) is 45.2 Å². The van der Waals surface area contributed by atoms with Crippen LogP contribution < -0.4 is 0 Å². The maximum absolute atomic E-state index is 12.3. The van der Waals surface area contributed by atoms with Gasteiger partial charge in [0, 0.05) is 12.7 Å². The lowest BCUT2D eigenvalue weighted by Crippen LogP contribution is -2.42. The van der Waals surface area contributed by atoms with Gasteiger partial charge in [0.15, 0.2) is 11.7 Å². The molecule has 1 unspecified atom stereocenters. The average molecular weight is 280 g/mol. The fourth-order valence-corrected chi connectivity index (χ4v) is 1.76. The minimum Gasteiger partial charge on any atom is -0.468 e. The molecule has 0 fully saturated rings. The van der Waals surface area contributed by atoms with Crippen molar-refractivity contribution in [2.45, 2.75) is 6.10 Å². The molecule has 0 saturated carbocycles. The molecule has 0 amide bonds. The summed E-state index contributed by atoms with van der Waals surface area (Å²) in [7, 11) is 3.49. The molecular formula is C14H16O6. The second kappa shape index (κ2) is 7.40. The molecule has 0 spiro atoms. The first-order valence-corrected chi connectivity index (χ1v) is 5.84. The van der Waals surface area contributed by atoms with Gasteiger partial charge in [-0.1, -0.05) is 30.3 Å². The van der Waals surface area contributed by atoms with Gasteiger partial charge in [-0.05, 0) is 0 Å². The van der Waals surface area contributed by atoms with E-state index in [-0.39, 0.29) is 0 Å². The Bertz CT molecular complexity index is 466. The van der Waals surface area contributed by atoms with E-state index in [2.05, 4.69) is 9.47 Å². The third kappa shape index (κ3) is 3.42. The smallest absolute Gasteiger partial charge is 0.323 e. The van der Waals surface area contributed by atoms with Gasteiger partial charge in [0.25, 0.3) is 0 Å². The second-order valence-electron chi connectivity index (χ2n) is 3.91. The molecule has 0 heterocycles. The molecule has 0 aromatic heterocycles. The van der Waals surface area contributed by atoms with Gasteiger partial charge in [-0.15, -0.1) is 0 Å². The van der Waals surface area contributed by atoms with Crippen LogP contribution in [0.25, 0.3) is 0 Å². The lowest BCUT2D eigenvalue weighted by atomic mass is 9.94. The summed E-state index contributed by atoms with van der Waals surface area (Å²) in [6.45, 7) is 0. The summed E-state index contributed by atoms with van der Waals surface area (Å²) in [6.07, 6.45) is -1.29. The second-order valence-corrected chi connectivity index (χ2v) is 3.91. The van der Waals surface area contributed by atoms with Crippen LogP contribution in [0.1, 0.15) is 10.4 Å². The van der Waals surface area contributed by atoms with Crippen molar-refractivity contribution in [3.63, 3.8) is 0 Å². The predicted octanol–water partition coefficient (Wildman–Crippen LogP) is 0.846. The van der Waals surface area contributed by atoms with Gasteiger partial charge in [0.1, 0.15) is 6.10 Å². The van der Waals surface area contributed by atoms with E-state index in [1.165, 1.54) is 7.11 Å². The standard InChI is InChI=1S/C14H16O6/c1-18-12(10(13(16)19-2)14(17)20-3)11(15)9-7-5-4-6-8-9/h4-8,10,12H,1-3H3. The highest BCUT2D eigenvalue weighted by atomic mass is 16.6. The van der Waals surface area contributed by atoms with Crippen molar-refractivity contribution in [2.24, 2.45) is 5.92 Å². The number of hydrogen-bond donors (Lipinski definition) is 0. The zero-order chi connectivity index (χ0) is 15.1. The maximum Gasteiger partial charge on any atom is 0.323 e. The molecule has 0 bridgehead atoms. The number of benzene rings is 1. The number of rotatable bonds is 6. The number of carbonyl (C=O) groups is 3. The van der Waals surface area contributed by atoms with Crippen LogP contribution in [0.3, 0.4) is 0 Å². The molecule has 0 aliphatic heterocycles. The van der Waals surface area contributed by atoms with E-state index in [4.69, 9.17) is 4.74 Å². The highest BCUT2D eigenvalue weighted by Crippen LogP contribution is 2.17. The fraction of sp³-hybridized carbons (Fsp3) is 0.357. The number of Topliss-reactive ketones (excluding diaryl/α,β-unsaturated/α-hetero) is 1. The van der Waals surface area contributed by atoms with Crippen molar-refractivity contribution in [1.29, 1.82) is 0 Å². The van der Waals surface area contributed by atoms with Crippen LogP contribution in [0.15, 0.2) is 30.3 Å². The van der Waals surface area contributed by atoms with Crippen LogP contribution in [0.4, 0.5) is 0 Å². The first-order valence-electron chi connectivity index (χ1n) is 5.84. The normalized spacial score (nSPS) is 11.8. The van der Waals surface area contributed by atoms with Crippen molar-refractivity contribution in [3.8, 4) is 0 Å². The third-order valence-corrected chi connectivity index (χ3v) is 2.78. The van der Waals surface area contributed by atoms with E-state index in [1.54, 1.807) is 30.3 Å².